The van der Waals surface area contributed by atoms with Gasteiger partial charge in [-0.15, -0.1) is 0 Å². The van der Waals surface area contributed by atoms with Gasteiger partial charge in [0.2, 0.25) is 11.0 Å². The summed E-state index contributed by atoms with van der Waals surface area (Å²) in [5, 5.41) is 1.69. The fourth-order valence-electron chi connectivity index (χ4n) is 3.15. The van der Waals surface area contributed by atoms with Crippen LogP contribution in [0.2, 0.25) is 5.02 Å². The number of rotatable bonds is 4. The monoisotopic (exact) mass is 406 g/mol. The summed E-state index contributed by atoms with van der Waals surface area (Å²) in [7, 11) is 0. The number of hydrogen-bond donors (Lipinski definition) is 0. The number of carbonyl (C=O) groups is 1. The summed E-state index contributed by atoms with van der Waals surface area (Å²) >= 11 is 7.38. The number of carbonyl (C=O) groups excluding carboxylic acids is 1. The Morgan fingerprint density at radius 1 is 1.15 bits per heavy atom. The zero-order valence-electron chi connectivity index (χ0n) is 16.2. The van der Waals surface area contributed by atoms with Crippen LogP contribution in [0, 0.1) is 5.41 Å². The molecule has 146 valence electrons. The average Bonchev–Trinajstić information content (AvgIpc) is 2.90. The predicted molar refractivity (Wildman–Crippen MR) is 112 cm³/mol. The highest BCUT2D eigenvalue weighted by Gasteiger charge is 2.24. The molecule has 5 nitrogen and oxygen atoms in total. The largest absolute Gasteiger partial charge is 0.345 e. The second-order valence-electron chi connectivity index (χ2n) is 8.26. The number of nitrogens with zero attached hydrogens (tertiary/aromatic N) is 4. The van der Waals surface area contributed by atoms with E-state index in [-0.39, 0.29) is 11.3 Å². The molecule has 0 spiro atoms. The zero-order valence-corrected chi connectivity index (χ0v) is 17.8. The van der Waals surface area contributed by atoms with Crippen molar-refractivity contribution in [3.05, 3.63) is 40.7 Å². The molecule has 1 amide bonds. The van der Waals surface area contributed by atoms with Crippen molar-refractivity contribution in [3.8, 4) is 0 Å². The lowest BCUT2D eigenvalue weighted by Crippen LogP contribution is -2.36. The first-order valence-electron chi connectivity index (χ1n) is 9.40. The first kappa shape index (κ1) is 20.1. The maximum absolute atomic E-state index is 12.5. The Balaban J connectivity index is 1.58. The summed E-state index contributed by atoms with van der Waals surface area (Å²) in [5.41, 5.74) is 1.18. The van der Waals surface area contributed by atoms with Gasteiger partial charge in [0.05, 0.1) is 0 Å². The van der Waals surface area contributed by atoms with E-state index in [2.05, 4.69) is 30.0 Å². The second-order valence-corrected chi connectivity index (χ2v) is 9.42. The molecule has 2 heterocycles. The van der Waals surface area contributed by atoms with Gasteiger partial charge in [-0.2, -0.15) is 4.37 Å². The van der Waals surface area contributed by atoms with Crippen molar-refractivity contribution in [1.82, 2.24) is 14.3 Å². The Morgan fingerprint density at radius 2 is 1.89 bits per heavy atom. The minimum Gasteiger partial charge on any atom is -0.345 e. The maximum Gasteiger partial charge on any atom is 0.223 e. The van der Waals surface area contributed by atoms with Crippen molar-refractivity contribution in [2.75, 3.05) is 31.1 Å². The van der Waals surface area contributed by atoms with Crippen LogP contribution in [0.3, 0.4) is 0 Å². The molecule has 7 heteroatoms. The van der Waals surface area contributed by atoms with Gasteiger partial charge in [-0.25, -0.2) is 4.98 Å². The van der Waals surface area contributed by atoms with E-state index in [9.17, 15) is 4.79 Å². The predicted octanol–water partition coefficient (Wildman–Crippen LogP) is 4.26. The van der Waals surface area contributed by atoms with Gasteiger partial charge < -0.3 is 9.80 Å². The molecule has 1 aromatic carbocycles. The lowest BCUT2D eigenvalue weighted by molar-refractivity contribution is -0.132. The molecular weight excluding hydrogens is 380 g/mol. The Labute approximate surface area is 170 Å². The highest BCUT2D eigenvalue weighted by Crippen LogP contribution is 2.23. The molecule has 1 fully saturated rings. The smallest absolute Gasteiger partial charge is 0.223 e. The Bertz CT molecular complexity index is 769. The Kier molecular flexibility index (Phi) is 6.37. The number of halogens is 1. The van der Waals surface area contributed by atoms with Crippen LogP contribution in [0.5, 0.6) is 0 Å². The zero-order chi connectivity index (χ0) is 19.4. The van der Waals surface area contributed by atoms with Gasteiger partial charge in [0.25, 0.3) is 0 Å². The summed E-state index contributed by atoms with van der Waals surface area (Å²) in [6.07, 6.45) is 2.26. The molecule has 0 aliphatic carbocycles. The van der Waals surface area contributed by atoms with Crippen LogP contribution >= 0.6 is 23.1 Å². The third-order valence-electron chi connectivity index (χ3n) is 4.53. The number of hydrogen-bond acceptors (Lipinski definition) is 5. The van der Waals surface area contributed by atoms with Crippen LogP contribution in [0.25, 0.3) is 0 Å². The number of amides is 1. The van der Waals surface area contributed by atoms with Crippen LogP contribution < -0.4 is 4.90 Å². The van der Waals surface area contributed by atoms with Gasteiger partial charge in [-0.1, -0.05) is 44.5 Å². The average molecular weight is 407 g/mol. The van der Waals surface area contributed by atoms with Crippen LogP contribution in [0.1, 0.15) is 45.0 Å². The van der Waals surface area contributed by atoms with Crippen LogP contribution in [-0.2, 0) is 11.2 Å². The van der Waals surface area contributed by atoms with Gasteiger partial charge in [0.1, 0.15) is 5.82 Å². The van der Waals surface area contributed by atoms with Crippen molar-refractivity contribution in [3.63, 3.8) is 0 Å². The van der Waals surface area contributed by atoms with Crippen molar-refractivity contribution in [2.45, 2.75) is 40.0 Å². The number of benzene rings is 1. The molecule has 27 heavy (non-hydrogen) atoms. The lowest BCUT2D eigenvalue weighted by atomic mass is 9.91. The molecule has 1 aliphatic rings. The van der Waals surface area contributed by atoms with E-state index >= 15 is 0 Å². The summed E-state index contributed by atoms with van der Waals surface area (Å²) in [6, 6.07) is 7.80. The second kappa shape index (κ2) is 8.57. The van der Waals surface area contributed by atoms with E-state index in [4.69, 9.17) is 16.6 Å². The normalized spacial score (nSPS) is 15.7. The minimum atomic E-state index is 0.0267. The third kappa shape index (κ3) is 5.91. The standard InChI is InChI=1S/C20H27ClN4OS/c1-20(2,3)14-18(26)24-9-4-10-25(12-11-24)19-22-17(23-27-19)13-15-5-7-16(21)8-6-15/h5-8H,4,9-14H2,1-3H3. The van der Waals surface area contributed by atoms with E-state index in [1.54, 1.807) is 0 Å². The summed E-state index contributed by atoms with van der Waals surface area (Å²) in [5.74, 6) is 1.09. The molecular formula is C20H27ClN4OS. The number of anilines is 1. The number of aromatic nitrogens is 2. The first-order chi connectivity index (χ1) is 12.8. The molecule has 0 unspecified atom stereocenters. The summed E-state index contributed by atoms with van der Waals surface area (Å²) in [6.45, 7) is 9.62. The van der Waals surface area contributed by atoms with Crippen LogP contribution in [0.4, 0.5) is 5.13 Å². The summed E-state index contributed by atoms with van der Waals surface area (Å²) < 4.78 is 4.52. The Hall–Kier alpha value is -1.66. The van der Waals surface area contributed by atoms with E-state index in [1.165, 1.54) is 11.5 Å². The molecule has 0 radical (unpaired) electrons. The van der Waals surface area contributed by atoms with Crippen molar-refractivity contribution in [1.29, 1.82) is 0 Å². The SMILES string of the molecule is CC(C)(C)CC(=O)N1CCCN(c2nc(Cc3ccc(Cl)cc3)ns2)CC1. The van der Waals surface area contributed by atoms with E-state index < -0.39 is 0 Å². The van der Waals surface area contributed by atoms with Crippen molar-refractivity contribution >= 4 is 34.2 Å². The van der Waals surface area contributed by atoms with Gasteiger partial charge in [-0.05, 0) is 29.5 Å². The maximum atomic E-state index is 12.5. The quantitative estimate of drug-likeness (QED) is 0.761. The fraction of sp³-hybridized carbons (Fsp3) is 0.550. The van der Waals surface area contributed by atoms with Crippen molar-refractivity contribution in [2.24, 2.45) is 5.41 Å². The highest BCUT2D eigenvalue weighted by molar-refractivity contribution is 7.09. The molecule has 1 aliphatic heterocycles. The molecule has 0 atom stereocenters. The first-order valence-corrected chi connectivity index (χ1v) is 10.5. The molecule has 0 N–H and O–H groups in total. The third-order valence-corrected chi connectivity index (χ3v) is 5.60. The van der Waals surface area contributed by atoms with Gasteiger partial charge in [0.15, 0.2) is 0 Å². The lowest BCUT2D eigenvalue weighted by Gasteiger charge is -2.25. The van der Waals surface area contributed by atoms with Gasteiger partial charge >= 0.3 is 0 Å². The molecule has 1 aromatic heterocycles. The van der Waals surface area contributed by atoms with Gasteiger partial charge in [-0.3, -0.25) is 4.79 Å². The summed E-state index contributed by atoms with van der Waals surface area (Å²) in [4.78, 5) is 21.5. The molecule has 0 bridgehead atoms. The van der Waals surface area contributed by atoms with Gasteiger partial charge in [0, 0.05) is 55.6 Å². The topological polar surface area (TPSA) is 49.3 Å². The van der Waals surface area contributed by atoms with Crippen molar-refractivity contribution < 1.29 is 4.79 Å². The van der Waals surface area contributed by atoms with E-state index in [0.29, 0.717) is 12.8 Å². The van der Waals surface area contributed by atoms with E-state index in [0.717, 1.165) is 54.1 Å². The highest BCUT2D eigenvalue weighted by atomic mass is 35.5. The molecule has 2 aromatic rings. The molecule has 0 saturated carbocycles. The Morgan fingerprint density at radius 3 is 2.59 bits per heavy atom. The fourth-order valence-corrected chi connectivity index (χ4v) is 4.02. The molecule has 1 saturated heterocycles. The van der Waals surface area contributed by atoms with Crippen LogP contribution in [-0.4, -0.2) is 46.3 Å². The molecule has 3 rings (SSSR count). The van der Waals surface area contributed by atoms with E-state index in [1.807, 2.05) is 29.2 Å². The minimum absolute atomic E-state index is 0.0267. The van der Waals surface area contributed by atoms with Crippen LogP contribution in [0.15, 0.2) is 24.3 Å².